The standard InChI is InChI=1S/C27H44O3.C26H42O4/c1-7-18-22-14-16(2)10-12-27(22,5)21-11-13-26(4)19(17(3)15-23(28)30-6)8-9-20(26)24(21)25(18)29;1-6-17-21-14-16(27)9-11-26(21,4)20-10-12-25(3)18(15(2)13-22(28)30-5)7-8-19(25)23(20)24(17)29/h16-22,24H,7-15H2,1-6H3;15-21,23,27H,6-14H2,1-5H3/t16-,17-,18-,19-,20+,21+,22+,24+,26-,27-;15-,16-,17-,18-,19+,20+,21+,23+,25-,26-/m11/s1. The second-order valence-corrected chi connectivity index (χ2v) is 23.8. The minimum atomic E-state index is -0.231. The molecule has 340 valence electrons. The lowest BCUT2D eigenvalue weighted by Gasteiger charge is -2.62. The summed E-state index contributed by atoms with van der Waals surface area (Å²) >= 11 is 0. The van der Waals surface area contributed by atoms with Crippen molar-refractivity contribution in [2.24, 2.45) is 110 Å². The quantitative estimate of drug-likeness (QED) is 0.243. The van der Waals surface area contributed by atoms with Gasteiger partial charge < -0.3 is 14.6 Å². The molecule has 7 heteroatoms. The predicted molar refractivity (Wildman–Crippen MR) is 236 cm³/mol. The lowest BCUT2D eigenvalue weighted by molar-refractivity contribution is -0.173. The van der Waals surface area contributed by atoms with Crippen LogP contribution in [0.1, 0.15) is 178 Å². The third-order valence-corrected chi connectivity index (χ3v) is 21.5. The van der Waals surface area contributed by atoms with E-state index in [9.17, 15) is 24.3 Å². The van der Waals surface area contributed by atoms with E-state index in [-0.39, 0.29) is 58.0 Å². The molecule has 0 bridgehead atoms. The first-order valence-corrected chi connectivity index (χ1v) is 25.2. The van der Waals surface area contributed by atoms with Crippen LogP contribution in [-0.4, -0.2) is 48.9 Å². The fourth-order valence-corrected chi connectivity index (χ4v) is 18.4. The van der Waals surface area contributed by atoms with E-state index in [0.29, 0.717) is 89.0 Å². The molecule has 0 radical (unpaired) electrons. The zero-order valence-electron chi connectivity index (χ0n) is 39.9. The van der Waals surface area contributed by atoms with Crippen molar-refractivity contribution >= 4 is 23.5 Å². The van der Waals surface area contributed by atoms with Gasteiger partial charge in [0.1, 0.15) is 11.6 Å². The summed E-state index contributed by atoms with van der Waals surface area (Å²) in [6.07, 6.45) is 18.7. The predicted octanol–water partition coefficient (Wildman–Crippen LogP) is 11.3. The second-order valence-electron chi connectivity index (χ2n) is 23.8. The number of hydrogen-bond donors (Lipinski definition) is 1. The van der Waals surface area contributed by atoms with Crippen LogP contribution in [0.4, 0.5) is 0 Å². The number of aliphatic hydroxyl groups excluding tert-OH is 1. The van der Waals surface area contributed by atoms with Crippen molar-refractivity contribution in [1.82, 2.24) is 0 Å². The first kappa shape index (κ1) is 46.2. The van der Waals surface area contributed by atoms with Crippen LogP contribution >= 0.6 is 0 Å². The maximum Gasteiger partial charge on any atom is 0.305 e. The molecule has 8 fully saturated rings. The van der Waals surface area contributed by atoms with Crippen LogP contribution < -0.4 is 0 Å². The van der Waals surface area contributed by atoms with Gasteiger partial charge in [0.05, 0.1) is 20.3 Å². The summed E-state index contributed by atoms with van der Waals surface area (Å²) in [6, 6.07) is 0. The number of ketones is 2. The Balaban J connectivity index is 0.000000181. The molecule has 8 aliphatic carbocycles. The van der Waals surface area contributed by atoms with Crippen LogP contribution in [0.2, 0.25) is 0 Å². The Hall–Kier alpha value is -1.76. The Kier molecular flexibility index (Phi) is 13.3. The van der Waals surface area contributed by atoms with E-state index in [1.165, 1.54) is 65.6 Å². The Morgan fingerprint density at radius 2 is 0.967 bits per heavy atom. The number of rotatable bonds is 8. The molecule has 0 aromatic rings. The van der Waals surface area contributed by atoms with E-state index >= 15 is 0 Å². The number of ether oxygens (including phenoxy) is 2. The minimum Gasteiger partial charge on any atom is -0.469 e. The molecule has 0 aromatic heterocycles. The van der Waals surface area contributed by atoms with Crippen molar-refractivity contribution in [3.8, 4) is 0 Å². The molecule has 0 unspecified atom stereocenters. The smallest absolute Gasteiger partial charge is 0.305 e. The van der Waals surface area contributed by atoms with Crippen LogP contribution in [-0.2, 0) is 28.7 Å². The number of carbonyl (C=O) groups excluding carboxylic acids is 4. The highest BCUT2D eigenvalue weighted by atomic mass is 16.5. The summed E-state index contributed by atoms with van der Waals surface area (Å²) in [6.45, 7) is 21.2. The molecule has 1 N–H and O–H groups in total. The molecule has 0 saturated heterocycles. The maximum atomic E-state index is 14.0. The average Bonchev–Trinajstić information content (AvgIpc) is 3.76. The van der Waals surface area contributed by atoms with Gasteiger partial charge in [0.25, 0.3) is 0 Å². The fraction of sp³-hybridized carbons (Fsp3) is 0.925. The van der Waals surface area contributed by atoms with Gasteiger partial charge in [-0.3, -0.25) is 19.2 Å². The van der Waals surface area contributed by atoms with E-state index < -0.39 is 0 Å². The highest BCUT2D eigenvalue weighted by Crippen LogP contribution is 2.70. The van der Waals surface area contributed by atoms with Crippen LogP contribution in [0.15, 0.2) is 0 Å². The molecule has 8 aliphatic rings. The van der Waals surface area contributed by atoms with Gasteiger partial charge in [-0.05, 0) is 183 Å². The highest BCUT2D eigenvalue weighted by molar-refractivity contribution is 5.86. The van der Waals surface area contributed by atoms with E-state index in [1.54, 1.807) is 0 Å². The van der Waals surface area contributed by atoms with Gasteiger partial charge in [-0.25, -0.2) is 0 Å². The molecule has 8 rings (SSSR count). The fourth-order valence-electron chi connectivity index (χ4n) is 18.4. The first-order chi connectivity index (χ1) is 28.3. The average molecular weight is 835 g/mol. The summed E-state index contributed by atoms with van der Waals surface area (Å²) < 4.78 is 9.92. The molecule has 0 spiro atoms. The van der Waals surface area contributed by atoms with Crippen molar-refractivity contribution in [2.75, 3.05) is 14.2 Å². The van der Waals surface area contributed by atoms with Crippen molar-refractivity contribution in [2.45, 2.75) is 184 Å². The van der Waals surface area contributed by atoms with Crippen molar-refractivity contribution in [1.29, 1.82) is 0 Å². The topological polar surface area (TPSA) is 107 Å². The highest BCUT2D eigenvalue weighted by Gasteiger charge is 2.67. The number of fused-ring (bicyclic) bond motifs is 10. The number of aliphatic hydroxyl groups is 1. The van der Waals surface area contributed by atoms with E-state index in [2.05, 4.69) is 62.3 Å². The van der Waals surface area contributed by atoms with E-state index in [0.717, 1.165) is 57.3 Å². The number of Topliss-reactive ketones (excluding diaryl/α,β-unsaturated/α-hetero) is 2. The van der Waals surface area contributed by atoms with Gasteiger partial charge in [0.2, 0.25) is 0 Å². The van der Waals surface area contributed by atoms with Crippen molar-refractivity contribution < 1.29 is 33.8 Å². The zero-order valence-corrected chi connectivity index (χ0v) is 39.9. The van der Waals surface area contributed by atoms with Crippen LogP contribution in [0, 0.1) is 110 Å². The van der Waals surface area contributed by atoms with Crippen molar-refractivity contribution in [3.05, 3.63) is 0 Å². The maximum absolute atomic E-state index is 14.0. The molecule has 0 aliphatic heterocycles. The van der Waals surface area contributed by atoms with Gasteiger partial charge in [-0.2, -0.15) is 0 Å². The zero-order chi connectivity index (χ0) is 43.7. The van der Waals surface area contributed by atoms with Crippen molar-refractivity contribution in [3.63, 3.8) is 0 Å². The SMILES string of the molecule is CC[C@H]1C(=O)[C@@H]2[C@H](CC[C@]3(C)[C@@H]([C@H](C)CC(=O)OC)CC[C@@H]23)[C@@]2(C)CC[C@@H](C)C[C@@H]12.CC[C@H]1C(=O)[C@@H]2[C@H](CC[C@]3(C)[C@@H]([C@H](C)CC(=O)OC)CC[C@@H]23)[C@@]2(C)CC[C@@H](O)C[C@@H]12. The number of methoxy groups -OCH3 is 2. The Labute approximate surface area is 364 Å². The molecular formula is C53H86O7. The Morgan fingerprint density at radius 3 is 1.38 bits per heavy atom. The summed E-state index contributed by atoms with van der Waals surface area (Å²) in [7, 11) is 2.97. The molecule has 60 heavy (non-hydrogen) atoms. The third kappa shape index (κ3) is 7.40. The molecule has 0 heterocycles. The van der Waals surface area contributed by atoms with Gasteiger partial charge in [-0.1, -0.05) is 68.7 Å². The van der Waals surface area contributed by atoms with Crippen LogP contribution in [0.5, 0.6) is 0 Å². The Bertz CT molecular complexity index is 1490. The first-order valence-electron chi connectivity index (χ1n) is 25.2. The monoisotopic (exact) mass is 835 g/mol. The van der Waals surface area contributed by atoms with Gasteiger partial charge in [0, 0.05) is 36.5 Å². The molecule has 7 nitrogen and oxygen atoms in total. The largest absolute Gasteiger partial charge is 0.469 e. The lowest BCUT2D eigenvalue weighted by atomic mass is 9.41. The molecule has 8 saturated carbocycles. The molecule has 20 atom stereocenters. The van der Waals surface area contributed by atoms with Gasteiger partial charge in [-0.15, -0.1) is 0 Å². The summed E-state index contributed by atoms with van der Waals surface area (Å²) in [5, 5.41) is 10.4. The second kappa shape index (κ2) is 17.3. The van der Waals surface area contributed by atoms with E-state index in [4.69, 9.17) is 9.47 Å². The molecular weight excluding hydrogens is 749 g/mol. The summed E-state index contributed by atoms with van der Waals surface area (Å²) in [5.74, 6) is 7.16. The van der Waals surface area contributed by atoms with Crippen LogP contribution in [0.3, 0.4) is 0 Å². The normalized spacial score (nSPS) is 49.0. The van der Waals surface area contributed by atoms with Gasteiger partial charge >= 0.3 is 11.9 Å². The third-order valence-electron chi connectivity index (χ3n) is 21.5. The number of esters is 2. The van der Waals surface area contributed by atoms with Gasteiger partial charge in [0.15, 0.2) is 0 Å². The number of hydrogen-bond acceptors (Lipinski definition) is 7. The molecule has 0 aromatic carbocycles. The Morgan fingerprint density at radius 1 is 0.583 bits per heavy atom. The summed E-state index contributed by atoms with van der Waals surface area (Å²) in [4.78, 5) is 51.8. The minimum absolute atomic E-state index is 0.0882. The summed E-state index contributed by atoms with van der Waals surface area (Å²) in [5.41, 5.74) is 0.895. The number of carbonyl (C=O) groups is 4. The van der Waals surface area contributed by atoms with Crippen LogP contribution in [0.25, 0.3) is 0 Å². The van der Waals surface area contributed by atoms with E-state index in [1.807, 2.05) is 0 Å². The lowest BCUT2D eigenvalue weighted by Crippen LogP contribution is -2.60. The molecule has 0 amide bonds.